The monoisotopic (exact) mass is 128 g/mol. The van der Waals surface area contributed by atoms with E-state index in [0.717, 1.165) is 0 Å². The van der Waals surface area contributed by atoms with E-state index in [1.165, 1.54) is 0 Å². The van der Waals surface area contributed by atoms with E-state index in [9.17, 15) is 14.7 Å². The first-order chi connectivity index (χ1) is 4.18. The van der Waals surface area contributed by atoms with Crippen LogP contribution in [0.5, 0.6) is 6.01 Å². The Morgan fingerprint density at radius 1 is 1.33 bits per heavy atom. The van der Waals surface area contributed by atoms with Gasteiger partial charge in [0.1, 0.15) is 0 Å². The quantitative estimate of drug-likeness (QED) is 0.404. The zero-order valence-electron chi connectivity index (χ0n) is 4.17. The summed E-state index contributed by atoms with van der Waals surface area (Å²) in [6.07, 6.45) is 0. The molecule has 1 rings (SSSR count). The zero-order valence-corrected chi connectivity index (χ0v) is 4.17. The van der Waals surface area contributed by atoms with Crippen molar-refractivity contribution in [3.8, 4) is 6.01 Å². The summed E-state index contributed by atoms with van der Waals surface area (Å²) in [5.74, 6) is 0. The first-order valence-electron chi connectivity index (χ1n) is 2.06. The molecule has 0 aliphatic heterocycles. The molecule has 1 heterocycles. The van der Waals surface area contributed by atoms with Crippen LogP contribution < -0.4 is 16.5 Å². The van der Waals surface area contributed by atoms with Gasteiger partial charge in [-0.15, -0.1) is 0 Å². The third kappa shape index (κ3) is 1.15. The minimum Gasteiger partial charge on any atom is -0.846 e. The maximum absolute atomic E-state index is 10.2. The predicted octanol–water partition coefficient (Wildman–Crippen LogP) is -2.47. The summed E-state index contributed by atoms with van der Waals surface area (Å²) < 4.78 is 0. The Kier molecular flexibility index (Phi) is 1.07. The lowest BCUT2D eigenvalue weighted by Crippen LogP contribution is -2.26. The van der Waals surface area contributed by atoms with Gasteiger partial charge in [0.2, 0.25) is 0 Å². The van der Waals surface area contributed by atoms with E-state index < -0.39 is 17.4 Å². The molecule has 6 heteroatoms. The fourth-order valence-electron chi connectivity index (χ4n) is 0.374. The zero-order chi connectivity index (χ0) is 6.85. The number of nitrogens with one attached hydrogen (secondary N) is 2. The molecule has 1 aromatic heterocycles. The van der Waals surface area contributed by atoms with Crippen molar-refractivity contribution in [3.63, 3.8) is 0 Å². The SMILES string of the molecule is O=c1nc([O-])[nH]c(=O)[nH]1. The van der Waals surface area contributed by atoms with Gasteiger partial charge in [-0.1, -0.05) is 0 Å². The molecule has 0 saturated carbocycles. The van der Waals surface area contributed by atoms with Gasteiger partial charge in [0.05, 0.1) is 6.01 Å². The number of nitrogens with zero attached hydrogens (tertiary/aromatic N) is 1. The lowest BCUT2D eigenvalue weighted by atomic mass is 11.0. The third-order valence-corrected chi connectivity index (χ3v) is 0.644. The smallest absolute Gasteiger partial charge is 0.349 e. The highest BCUT2D eigenvalue weighted by atomic mass is 16.3. The Morgan fingerprint density at radius 2 is 2.00 bits per heavy atom. The number of hydrogen-bond donors (Lipinski definition) is 2. The molecule has 0 aliphatic carbocycles. The van der Waals surface area contributed by atoms with Crippen molar-refractivity contribution in [3.05, 3.63) is 21.0 Å². The highest BCUT2D eigenvalue weighted by molar-refractivity contribution is 4.80. The largest absolute Gasteiger partial charge is 0.846 e. The normalized spacial score (nSPS) is 9.33. The van der Waals surface area contributed by atoms with Gasteiger partial charge in [-0.25, -0.2) is 9.59 Å². The molecule has 0 unspecified atom stereocenters. The molecule has 1 aromatic rings. The van der Waals surface area contributed by atoms with E-state index in [1.54, 1.807) is 9.97 Å². The highest BCUT2D eigenvalue weighted by Crippen LogP contribution is 1.72. The molecule has 0 saturated heterocycles. The van der Waals surface area contributed by atoms with Crippen LogP contribution in [-0.4, -0.2) is 15.0 Å². The lowest BCUT2D eigenvalue weighted by molar-refractivity contribution is -0.282. The maximum atomic E-state index is 10.2. The van der Waals surface area contributed by atoms with Crippen molar-refractivity contribution in [1.82, 2.24) is 15.0 Å². The summed E-state index contributed by atoms with van der Waals surface area (Å²) in [6, 6.07) is -0.927. The fourth-order valence-corrected chi connectivity index (χ4v) is 0.374. The van der Waals surface area contributed by atoms with Crippen molar-refractivity contribution in [2.75, 3.05) is 0 Å². The number of aromatic nitrogens is 3. The molecule has 0 radical (unpaired) electrons. The van der Waals surface area contributed by atoms with Crippen molar-refractivity contribution >= 4 is 0 Å². The fraction of sp³-hybridized carbons (Fsp3) is 0. The average molecular weight is 128 g/mol. The molecule has 9 heavy (non-hydrogen) atoms. The van der Waals surface area contributed by atoms with Crippen molar-refractivity contribution in [2.45, 2.75) is 0 Å². The topological polar surface area (TPSA) is 102 Å². The van der Waals surface area contributed by atoms with Gasteiger partial charge in [0, 0.05) is 0 Å². The third-order valence-electron chi connectivity index (χ3n) is 0.644. The Labute approximate surface area is 48.2 Å². The Bertz CT molecular complexity index is 282. The van der Waals surface area contributed by atoms with E-state index in [1.807, 2.05) is 0 Å². The van der Waals surface area contributed by atoms with Gasteiger partial charge in [-0.05, 0) is 0 Å². The van der Waals surface area contributed by atoms with Gasteiger partial charge >= 0.3 is 11.4 Å². The average Bonchev–Trinajstić information content (AvgIpc) is 1.59. The molecular formula is C3H2N3O3-. The number of rotatable bonds is 0. The van der Waals surface area contributed by atoms with Crippen molar-refractivity contribution in [1.29, 1.82) is 0 Å². The molecule has 0 aliphatic rings. The first-order valence-corrected chi connectivity index (χ1v) is 2.06. The molecule has 0 amide bonds. The van der Waals surface area contributed by atoms with E-state index in [4.69, 9.17) is 0 Å². The van der Waals surface area contributed by atoms with E-state index >= 15 is 0 Å². The summed E-state index contributed by atoms with van der Waals surface area (Å²) in [7, 11) is 0. The minimum absolute atomic E-state index is 0.833. The van der Waals surface area contributed by atoms with Crippen molar-refractivity contribution < 1.29 is 5.11 Å². The second kappa shape index (κ2) is 1.73. The second-order valence-corrected chi connectivity index (χ2v) is 1.30. The maximum Gasteiger partial charge on any atom is 0.349 e. The molecule has 0 spiro atoms. The summed E-state index contributed by atoms with van der Waals surface area (Å²) in [5.41, 5.74) is -1.76. The summed E-state index contributed by atoms with van der Waals surface area (Å²) in [5, 5.41) is 10.1. The molecule has 0 fully saturated rings. The molecule has 0 atom stereocenters. The molecular weight excluding hydrogens is 126 g/mol. The number of aromatic amines is 2. The van der Waals surface area contributed by atoms with Gasteiger partial charge < -0.3 is 10.1 Å². The number of H-pyrrole nitrogens is 2. The Hall–Kier alpha value is -1.59. The van der Waals surface area contributed by atoms with Gasteiger partial charge in [0.15, 0.2) is 0 Å². The lowest BCUT2D eigenvalue weighted by Gasteiger charge is -1.96. The van der Waals surface area contributed by atoms with Crippen LogP contribution in [0, 0.1) is 0 Å². The van der Waals surface area contributed by atoms with Crippen LogP contribution in [0.15, 0.2) is 9.59 Å². The van der Waals surface area contributed by atoms with E-state index in [2.05, 4.69) is 4.98 Å². The van der Waals surface area contributed by atoms with E-state index in [-0.39, 0.29) is 0 Å². The van der Waals surface area contributed by atoms with Gasteiger partial charge in [-0.2, -0.15) is 4.98 Å². The molecule has 48 valence electrons. The molecule has 0 aromatic carbocycles. The second-order valence-electron chi connectivity index (χ2n) is 1.30. The standard InChI is InChI=1S/C3H3N3O3/c7-1-4-2(8)6-3(9)5-1/h(H3,4,5,6,7,8,9)/p-1. The Morgan fingerprint density at radius 3 is 2.44 bits per heavy atom. The summed E-state index contributed by atoms with van der Waals surface area (Å²) in [4.78, 5) is 26.6. The van der Waals surface area contributed by atoms with Crippen LogP contribution in [0.4, 0.5) is 0 Å². The van der Waals surface area contributed by atoms with Crippen molar-refractivity contribution in [2.24, 2.45) is 0 Å². The van der Waals surface area contributed by atoms with Gasteiger partial charge in [0.25, 0.3) is 0 Å². The van der Waals surface area contributed by atoms with Crippen LogP contribution >= 0.6 is 0 Å². The van der Waals surface area contributed by atoms with Crippen LogP contribution in [0.2, 0.25) is 0 Å². The van der Waals surface area contributed by atoms with E-state index in [0.29, 0.717) is 0 Å². The Balaban J connectivity index is 3.52. The number of hydrogen-bond acceptors (Lipinski definition) is 4. The highest BCUT2D eigenvalue weighted by Gasteiger charge is 1.83. The van der Waals surface area contributed by atoms with Crippen LogP contribution in [0.1, 0.15) is 0 Å². The predicted molar refractivity (Wildman–Crippen MR) is 24.9 cm³/mol. The van der Waals surface area contributed by atoms with Crippen LogP contribution in [0.3, 0.4) is 0 Å². The molecule has 2 N–H and O–H groups in total. The minimum atomic E-state index is -0.927. The molecule has 0 bridgehead atoms. The molecule has 6 nitrogen and oxygen atoms in total. The summed E-state index contributed by atoms with van der Waals surface area (Å²) >= 11 is 0. The first kappa shape index (κ1) is 5.54. The van der Waals surface area contributed by atoms with Crippen LogP contribution in [0.25, 0.3) is 0 Å². The summed E-state index contributed by atoms with van der Waals surface area (Å²) in [6.45, 7) is 0. The van der Waals surface area contributed by atoms with Gasteiger partial charge in [-0.3, -0.25) is 4.98 Å². The van der Waals surface area contributed by atoms with Crippen LogP contribution in [-0.2, 0) is 0 Å².